The summed E-state index contributed by atoms with van der Waals surface area (Å²) in [6.07, 6.45) is 3.71. The van der Waals surface area contributed by atoms with Gasteiger partial charge in [-0.15, -0.1) is 0 Å². The first-order valence-electron chi connectivity index (χ1n) is 12.2. The van der Waals surface area contributed by atoms with Crippen LogP contribution in [0.3, 0.4) is 0 Å². The van der Waals surface area contributed by atoms with Crippen molar-refractivity contribution in [3.8, 4) is 0 Å². The lowest BCUT2D eigenvalue weighted by atomic mass is 9.74. The molecule has 0 saturated carbocycles. The van der Waals surface area contributed by atoms with Crippen LogP contribution in [0.1, 0.15) is 56.7 Å². The van der Waals surface area contributed by atoms with E-state index >= 15 is 0 Å². The molecule has 2 aliphatic rings. The van der Waals surface area contributed by atoms with E-state index in [1.165, 1.54) is 23.1 Å². The zero-order chi connectivity index (χ0) is 24.2. The Morgan fingerprint density at radius 2 is 1.71 bits per heavy atom. The largest absolute Gasteiger partial charge is 0.444 e. The van der Waals surface area contributed by atoms with Gasteiger partial charge in [0.1, 0.15) is 11.6 Å². The lowest BCUT2D eigenvalue weighted by Gasteiger charge is -2.41. The fourth-order valence-electron chi connectivity index (χ4n) is 5.15. The number of hydrogen-bond donors (Lipinski definition) is 1. The first-order valence-corrected chi connectivity index (χ1v) is 13.4. The number of nitrogens with one attached hydrogen (secondary N) is 1. The molecule has 1 fully saturated rings. The van der Waals surface area contributed by atoms with E-state index in [0.717, 1.165) is 38.1 Å². The number of carbonyl (C=O) groups excluding carboxylic acids is 2. The Morgan fingerprint density at radius 3 is 2.41 bits per heavy atom. The van der Waals surface area contributed by atoms with Crippen molar-refractivity contribution in [1.82, 2.24) is 10.2 Å². The van der Waals surface area contributed by atoms with E-state index in [4.69, 9.17) is 4.74 Å². The van der Waals surface area contributed by atoms with E-state index in [9.17, 15) is 9.59 Å². The van der Waals surface area contributed by atoms with E-state index in [2.05, 4.69) is 41.7 Å². The number of thioether (sulfide) groups is 1. The quantitative estimate of drug-likeness (QED) is 0.608. The van der Waals surface area contributed by atoms with Crippen LogP contribution in [0, 0.1) is 0 Å². The van der Waals surface area contributed by atoms with Gasteiger partial charge in [-0.1, -0.05) is 54.6 Å². The molecule has 0 bridgehead atoms. The van der Waals surface area contributed by atoms with Crippen molar-refractivity contribution in [3.63, 3.8) is 0 Å². The molecule has 1 atom stereocenters. The molecule has 6 heteroatoms. The summed E-state index contributed by atoms with van der Waals surface area (Å²) in [5.74, 6) is 1.30. The van der Waals surface area contributed by atoms with Gasteiger partial charge in [-0.3, -0.25) is 4.79 Å². The number of carbonyl (C=O) groups is 2. The highest BCUT2D eigenvalue weighted by atomic mass is 32.2. The fourth-order valence-corrected chi connectivity index (χ4v) is 6.16. The third-order valence-corrected chi connectivity index (χ3v) is 7.99. The Kier molecular flexibility index (Phi) is 7.56. The van der Waals surface area contributed by atoms with E-state index in [-0.39, 0.29) is 11.3 Å². The highest BCUT2D eigenvalue weighted by molar-refractivity contribution is 7.98. The number of aryl methyl sites for hydroxylation is 1. The van der Waals surface area contributed by atoms with Crippen molar-refractivity contribution >= 4 is 23.8 Å². The summed E-state index contributed by atoms with van der Waals surface area (Å²) >= 11 is 1.66. The molecular weight excluding hydrogens is 444 g/mol. The van der Waals surface area contributed by atoms with Crippen LogP contribution >= 0.6 is 11.8 Å². The van der Waals surface area contributed by atoms with Gasteiger partial charge in [-0.2, -0.15) is 11.8 Å². The van der Waals surface area contributed by atoms with Gasteiger partial charge in [0.05, 0.1) is 0 Å². The van der Waals surface area contributed by atoms with E-state index in [1.54, 1.807) is 11.8 Å². The molecule has 2 aromatic rings. The number of benzene rings is 2. The molecule has 2 aromatic carbocycles. The van der Waals surface area contributed by atoms with Crippen molar-refractivity contribution in [3.05, 3.63) is 71.3 Å². The summed E-state index contributed by atoms with van der Waals surface area (Å²) < 4.78 is 5.46. The summed E-state index contributed by atoms with van der Waals surface area (Å²) in [5, 5.41) is 2.86. The van der Waals surface area contributed by atoms with Crippen LogP contribution in [-0.2, 0) is 27.1 Å². The Hall–Kier alpha value is -2.47. The molecule has 4 rings (SSSR count). The zero-order valence-electron chi connectivity index (χ0n) is 20.5. The molecule has 1 spiro atoms. The summed E-state index contributed by atoms with van der Waals surface area (Å²) in [6, 6.07) is 18.3. The number of hydrogen-bond acceptors (Lipinski definition) is 4. The van der Waals surface area contributed by atoms with Crippen LogP contribution in [0.5, 0.6) is 0 Å². The van der Waals surface area contributed by atoms with Gasteiger partial charge < -0.3 is 15.0 Å². The van der Waals surface area contributed by atoms with Crippen molar-refractivity contribution in [2.45, 2.75) is 69.3 Å². The van der Waals surface area contributed by atoms with Gasteiger partial charge in [-0.25, -0.2) is 4.79 Å². The van der Waals surface area contributed by atoms with Gasteiger partial charge in [0, 0.05) is 24.6 Å². The van der Waals surface area contributed by atoms with Crippen LogP contribution in [0.2, 0.25) is 0 Å². The van der Waals surface area contributed by atoms with Gasteiger partial charge in [0.25, 0.3) is 0 Å². The van der Waals surface area contributed by atoms with Crippen molar-refractivity contribution in [1.29, 1.82) is 0 Å². The molecule has 34 heavy (non-hydrogen) atoms. The van der Waals surface area contributed by atoms with Crippen LogP contribution in [0.4, 0.5) is 4.79 Å². The Labute approximate surface area is 207 Å². The molecule has 0 radical (unpaired) electrons. The maximum absolute atomic E-state index is 13.5. The first-order chi connectivity index (χ1) is 16.3. The van der Waals surface area contributed by atoms with E-state index in [0.29, 0.717) is 5.75 Å². The molecule has 0 aromatic heterocycles. The minimum absolute atomic E-state index is 0.00690. The van der Waals surface area contributed by atoms with Crippen LogP contribution in [0.15, 0.2) is 54.6 Å². The maximum Gasteiger partial charge on any atom is 0.408 e. The molecule has 2 amide bonds. The second-order valence-electron chi connectivity index (χ2n) is 10.5. The second-order valence-corrected chi connectivity index (χ2v) is 11.5. The van der Waals surface area contributed by atoms with Crippen LogP contribution in [-0.4, -0.2) is 47.4 Å². The number of alkyl carbamates (subject to hydrolysis) is 1. The number of fused-ring (bicyclic) bond motifs is 2. The summed E-state index contributed by atoms with van der Waals surface area (Å²) in [4.78, 5) is 28.0. The zero-order valence-corrected chi connectivity index (χ0v) is 21.3. The first kappa shape index (κ1) is 24.6. The van der Waals surface area contributed by atoms with Crippen LogP contribution < -0.4 is 5.32 Å². The van der Waals surface area contributed by atoms with Crippen molar-refractivity contribution < 1.29 is 14.3 Å². The van der Waals surface area contributed by atoms with Gasteiger partial charge in [-0.05, 0) is 68.6 Å². The Balaban J connectivity index is 1.39. The maximum atomic E-state index is 13.5. The molecular formula is C28H36N2O3S. The third kappa shape index (κ3) is 5.96. The Morgan fingerprint density at radius 1 is 1.03 bits per heavy atom. The van der Waals surface area contributed by atoms with Gasteiger partial charge in [0.2, 0.25) is 5.91 Å². The van der Waals surface area contributed by atoms with Crippen molar-refractivity contribution in [2.75, 3.05) is 18.8 Å². The molecule has 1 aliphatic carbocycles. The normalized spacial score (nSPS) is 17.8. The van der Waals surface area contributed by atoms with Crippen LogP contribution in [0.25, 0.3) is 0 Å². The topological polar surface area (TPSA) is 58.6 Å². The number of piperidine rings is 1. The SMILES string of the molecule is CC(C)(C)OC(=O)NC(CSCc1ccccc1)C(=O)N1CCC2(CCc3ccccc32)CC1. The number of ether oxygens (including phenoxy) is 1. The number of likely N-dealkylation sites (tertiary alicyclic amines) is 1. The van der Waals surface area contributed by atoms with Crippen molar-refractivity contribution in [2.24, 2.45) is 0 Å². The molecule has 1 heterocycles. The van der Waals surface area contributed by atoms with E-state index < -0.39 is 17.7 Å². The average molecular weight is 481 g/mol. The predicted molar refractivity (Wildman–Crippen MR) is 138 cm³/mol. The minimum atomic E-state index is -0.609. The number of amides is 2. The monoisotopic (exact) mass is 480 g/mol. The summed E-state index contributed by atoms with van der Waals surface area (Å²) in [5.41, 5.74) is 3.73. The third-order valence-electron chi connectivity index (χ3n) is 6.88. The molecule has 1 aliphatic heterocycles. The number of nitrogens with zero attached hydrogens (tertiary/aromatic N) is 1. The number of rotatable bonds is 6. The highest BCUT2D eigenvalue weighted by Gasteiger charge is 2.42. The summed E-state index contributed by atoms with van der Waals surface area (Å²) in [6.45, 7) is 6.94. The summed E-state index contributed by atoms with van der Waals surface area (Å²) in [7, 11) is 0. The lowest BCUT2D eigenvalue weighted by molar-refractivity contribution is -0.134. The second kappa shape index (κ2) is 10.4. The molecule has 182 valence electrons. The standard InChI is InChI=1S/C28H36N2O3S/c1-27(2,3)33-26(32)29-24(20-34-19-21-9-5-4-6-10-21)25(31)30-17-15-28(16-18-30)14-13-22-11-7-8-12-23(22)28/h4-12,24H,13-20H2,1-3H3,(H,29,32). The fraction of sp³-hybridized carbons (Fsp3) is 0.500. The Bertz CT molecular complexity index is 994. The average Bonchev–Trinajstić information content (AvgIpc) is 3.16. The molecule has 5 nitrogen and oxygen atoms in total. The molecule has 1 N–H and O–H groups in total. The molecule has 1 unspecified atom stereocenters. The minimum Gasteiger partial charge on any atom is -0.444 e. The predicted octanol–water partition coefficient (Wildman–Crippen LogP) is 5.32. The highest BCUT2D eigenvalue weighted by Crippen LogP contribution is 2.46. The van der Waals surface area contributed by atoms with E-state index in [1.807, 2.05) is 43.9 Å². The molecule has 1 saturated heterocycles. The lowest BCUT2D eigenvalue weighted by Crippen LogP contribution is -2.54. The smallest absolute Gasteiger partial charge is 0.408 e. The van der Waals surface area contributed by atoms with Gasteiger partial charge >= 0.3 is 6.09 Å². The van der Waals surface area contributed by atoms with Gasteiger partial charge in [0.15, 0.2) is 0 Å².